The molecular weight excluding hydrogens is 370 g/mol. The number of hydrogen-bond donors (Lipinski definition) is 3. The standard InChI is InChI=1S/C21H23N5O3/c1-12-21(27)25-24-20-11-29-19-7-15(14-5-3-4-6-18(14)28-2)16(8-17(19)26(12)20)23-13-9-22-10-13/h3-8,12-13,22-23H,9-11H2,1-2H3,(H,25,27). The third-order valence-electron chi connectivity index (χ3n) is 5.59. The van der Waals surface area contributed by atoms with Gasteiger partial charge in [0.15, 0.2) is 5.84 Å². The molecule has 0 spiro atoms. The fourth-order valence-electron chi connectivity index (χ4n) is 3.89. The van der Waals surface area contributed by atoms with Gasteiger partial charge in [-0.25, -0.2) is 5.43 Å². The molecule has 0 radical (unpaired) electrons. The molecular formula is C21H23N5O3. The van der Waals surface area contributed by atoms with Crippen molar-refractivity contribution in [3.8, 4) is 22.6 Å². The van der Waals surface area contributed by atoms with Crippen molar-refractivity contribution in [1.82, 2.24) is 10.7 Å². The van der Waals surface area contributed by atoms with E-state index in [1.165, 1.54) is 0 Å². The van der Waals surface area contributed by atoms with Crippen molar-refractivity contribution < 1.29 is 14.3 Å². The maximum atomic E-state index is 12.2. The quantitative estimate of drug-likeness (QED) is 0.734. The van der Waals surface area contributed by atoms with Crippen LogP contribution in [0.5, 0.6) is 11.5 Å². The van der Waals surface area contributed by atoms with Gasteiger partial charge < -0.3 is 25.0 Å². The Hall–Kier alpha value is -3.26. The molecule has 3 N–H and O–H groups in total. The van der Waals surface area contributed by atoms with E-state index in [2.05, 4.69) is 27.2 Å². The third-order valence-corrected chi connectivity index (χ3v) is 5.59. The number of methoxy groups -OCH3 is 1. The Labute approximate surface area is 168 Å². The van der Waals surface area contributed by atoms with Crippen LogP contribution in [0.4, 0.5) is 11.4 Å². The Morgan fingerprint density at radius 2 is 2.07 bits per heavy atom. The maximum Gasteiger partial charge on any atom is 0.262 e. The summed E-state index contributed by atoms with van der Waals surface area (Å²) >= 11 is 0. The summed E-state index contributed by atoms with van der Waals surface area (Å²) in [6.07, 6.45) is 0. The van der Waals surface area contributed by atoms with Gasteiger partial charge in [0, 0.05) is 29.9 Å². The second kappa shape index (κ2) is 6.97. The molecule has 1 atom stereocenters. The number of carbonyl (C=O) groups excluding carboxylic acids is 1. The van der Waals surface area contributed by atoms with Gasteiger partial charge in [-0.15, -0.1) is 0 Å². The van der Waals surface area contributed by atoms with Crippen LogP contribution in [-0.2, 0) is 4.79 Å². The fraction of sp³-hybridized carbons (Fsp3) is 0.333. The second-order valence-corrected chi connectivity index (χ2v) is 7.40. The molecule has 150 valence electrons. The Morgan fingerprint density at radius 3 is 2.83 bits per heavy atom. The van der Waals surface area contributed by atoms with Crippen molar-refractivity contribution in [2.24, 2.45) is 5.10 Å². The predicted octanol–water partition coefficient (Wildman–Crippen LogP) is 1.78. The molecule has 3 aliphatic rings. The molecule has 5 rings (SSSR count). The molecule has 29 heavy (non-hydrogen) atoms. The Bertz CT molecular complexity index is 1000. The number of hydrazone groups is 1. The predicted molar refractivity (Wildman–Crippen MR) is 112 cm³/mol. The van der Waals surface area contributed by atoms with Crippen LogP contribution in [-0.4, -0.2) is 50.6 Å². The van der Waals surface area contributed by atoms with E-state index in [0.717, 1.165) is 47.1 Å². The molecule has 0 saturated carbocycles. The van der Waals surface area contributed by atoms with Gasteiger partial charge in [-0.3, -0.25) is 4.79 Å². The molecule has 1 unspecified atom stereocenters. The normalized spacial score (nSPS) is 20.5. The summed E-state index contributed by atoms with van der Waals surface area (Å²) in [4.78, 5) is 14.2. The minimum Gasteiger partial charge on any atom is -0.496 e. The van der Waals surface area contributed by atoms with Crippen molar-refractivity contribution in [1.29, 1.82) is 0 Å². The van der Waals surface area contributed by atoms with Crippen LogP contribution in [0.15, 0.2) is 41.5 Å². The first-order valence-electron chi connectivity index (χ1n) is 9.73. The summed E-state index contributed by atoms with van der Waals surface area (Å²) in [7, 11) is 1.67. The van der Waals surface area contributed by atoms with Gasteiger partial charge in [-0.05, 0) is 25.1 Å². The number of carbonyl (C=O) groups is 1. The third kappa shape index (κ3) is 2.96. The van der Waals surface area contributed by atoms with E-state index in [-0.39, 0.29) is 11.9 Å². The summed E-state index contributed by atoms with van der Waals surface area (Å²) in [5, 5.41) is 11.1. The number of amidine groups is 1. The smallest absolute Gasteiger partial charge is 0.262 e. The first-order valence-corrected chi connectivity index (χ1v) is 9.73. The number of ether oxygens (including phenoxy) is 2. The summed E-state index contributed by atoms with van der Waals surface area (Å²) in [6, 6.07) is 12.0. The van der Waals surface area contributed by atoms with Crippen LogP contribution in [0.2, 0.25) is 0 Å². The molecule has 1 amide bonds. The van der Waals surface area contributed by atoms with E-state index in [9.17, 15) is 4.79 Å². The second-order valence-electron chi connectivity index (χ2n) is 7.40. The van der Waals surface area contributed by atoms with Gasteiger partial charge >= 0.3 is 0 Å². The van der Waals surface area contributed by atoms with E-state index in [1.807, 2.05) is 42.2 Å². The molecule has 8 nitrogen and oxygen atoms in total. The van der Waals surface area contributed by atoms with Gasteiger partial charge in [-0.2, -0.15) is 5.10 Å². The Kier molecular flexibility index (Phi) is 4.28. The SMILES string of the molecule is COc1ccccc1-c1cc2c(cc1NC1CNC1)N1C(=NNC(=O)C1C)CO2. The molecule has 0 aliphatic carbocycles. The van der Waals surface area contributed by atoms with Crippen LogP contribution in [0.3, 0.4) is 0 Å². The number of amides is 1. The zero-order valence-electron chi connectivity index (χ0n) is 16.4. The van der Waals surface area contributed by atoms with Crippen LogP contribution in [0, 0.1) is 0 Å². The first-order chi connectivity index (χ1) is 14.2. The highest BCUT2D eigenvalue weighted by Gasteiger charge is 2.36. The first kappa shape index (κ1) is 17.8. The number of benzene rings is 2. The largest absolute Gasteiger partial charge is 0.496 e. The summed E-state index contributed by atoms with van der Waals surface area (Å²) < 4.78 is 11.6. The molecule has 0 aromatic heterocycles. The van der Waals surface area contributed by atoms with Gasteiger partial charge in [0.2, 0.25) is 0 Å². The van der Waals surface area contributed by atoms with E-state index in [1.54, 1.807) is 7.11 Å². The monoisotopic (exact) mass is 393 g/mol. The van der Waals surface area contributed by atoms with Crippen molar-refractivity contribution in [2.75, 3.05) is 37.0 Å². The van der Waals surface area contributed by atoms with Crippen molar-refractivity contribution in [3.63, 3.8) is 0 Å². The Balaban J connectivity index is 1.66. The highest BCUT2D eigenvalue weighted by atomic mass is 16.5. The number of anilines is 2. The molecule has 3 aliphatic heterocycles. The molecule has 2 aromatic carbocycles. The molecule has 0 bridgehead atoms. The summed E-state index contributed by atoms with van der Waals surface area (Å²) in [6.45, 7) is 4.00. The van der Waals surface area contributed by atoms with Crippen molar-refractivity contribution in [2.45, 2.75) is 19.0 Å². The molecule has 1 fully saturated rings. The number of fused-ring (bicyclic) bond motifs is 3. The van der Waals surface area contributed by atoms with Gasteiger partial charge in [0.05, 0.1) is 18.8 Å². The van der Waals surface area contributed by atoms with E-state index < -0.39 is 0 Å². The number of hydrogen-bond acceptors (Lipinski definition) is 7. The van der Waals surface area contributed by atoms with Crippen LogP contribution in [0.25, 0.3) is 11.1 Å². The van der Waals surface area contributed by atoms with E-state index in [0.29, 0.717) is 18.5 Å². The number of nitrogens with zero attached hydrogens (tertiary/aromatic N) is 2. The summed E-state index contributed by atoms with van der Waals surface area (Å²) in [5.74, 6) is 2.09. The lowest BCUT2D eigenvalue weighted by Crippen LogP contribution is -2.55. The number of para-hydroxylation sites is 1. The minimum atomic E-state index is -0.361. The molecule has 3 heterocycles. The lowest BCUT2D eigenvalue weighted by atomic mass is 9.98. The van der Waals surface area contributed by atoms with Crippen molar-refractivity contribution in [3.05, 3.63) is 36.4 Å². The Morgan fingerprint density at radius 1 is 1.24 bits per heavy atom. The molecule has 1 saturated heterocycles. The highest BCUT2D eigenvalue weighted by molar-refractivity contribution is 6.10. The van der Waals surface area contributed by atoms with Crippen LogP contribution < -0.4 is 30.4 Å². The maximum absolute atomic E-state index is 12.2. The highest BCUT2D eigenvalue weighted by Crippen LogP contribution is 2.44. The fourth-order valence-corrected chi connectivity index (χ4v) is 3.89. The van der Waals surface area contributed by atoms with Crippen LogP contribution >= 0.6 is 0 Å². The van der Waals surface area contributed by atoms with Gasteiger partial charge in [0.25, 0.3) is 5.91 Å². The van der Waals surface area contributed by atoms with Crippen LogP contribution in [0.1, 0.15) is 6.92 Å². The summed E-state index contributed by atoms with van der Waals surface area (Å²) in [5.41, 5.74) is 6.37. The number of rotatable bonds is 4. The zero-order valence-corrected chi connectivity index (χ0v) is 16.4. The lowest BCUT2D eigenvalue weighted by molar-refractivity contribution is -0.122. The van der Waals surface area contributed by atoms with Crippen molar-refractivity contribution >= 4 is 23.1 Å². The van der Waals surface area contributed by atoms with E-state index in [4.69, 9.17) is 9.47 Å². The average Bonchev–Trinajstić information content (AvgIpc) is 2.72. The molecule has 8 heteroatoms. The number of nitrogens with one attached hydrogen (secondary N) is 3. The van der Waals surface area contributed by atoms with Gasteiger partial charge in [0.1, 0.15) is 24.1 Å². The lowest BCUT2D eigenvalue weighted by Gasteiger charge is -2.39. The van der Waals surface area contributed by atoms with E-state index >= 15 is 0 Å². The van der Waals surface area contributed by atoms with Gasteiger partial charge in [-0.1, -0.05) is 18.2 Å². The average molecular weight is 393 g/mol. The zero-order chi connectivity index (χ0) is 20.0. The molecule has 2 aromatic rings. The minimum absolute atomic E-state index is 0.131. The topological polar surface area (TPSA) is 87.2 Å².